The highest BCUT2D eigenvalue weighted by molar-refractivity contribution is 6.38. The summed E-state index contributed by atoms with van der Waals surface area (Å²) in [5.41, 5.74) is 0.945. The molecule has 5 nitrogen and oxygen atoms in total. The maximum absolute atomic E-state index is 13.1. The van der Waals surface area contributed by atoms with Crippen LogP contribution < -0.4 is 9.64 Å². The molecule has 0 unspecified atom stereocenters. The number of fused-ring (bicyclic) bond motifs is 2. The molecule has 4 rings (SSSR count). The van der Waals surface area contributed by atoms with Gasteiger partial charge >= 0.3 is 0 Å². The van der Waals surface area contributed by atoms with E-state index in [-0.39, 0.29) is 19.1 Å². The maximum atomic E-state index is 13.1. The topological polar surface area (TPSA) is 48.0 Å². The van der Waals surface area contributed by atoms with Crippen LogP contribution in [0.3, 0.4) is 0 Å². The van der Waals surface area contributed by atoms with Crippen LogP contribution >= 0.6 is 34.8 Å². The smallest absolute Gasteiger partial charge is 0.292 e. The number of halogens is 3. The summed E-state index contributed by atoms with van der Waals surface area (Å²) in [6.45, 7) is 1.06. The second-order valence-corrected chi connectivity index (χ2v) is 7.02. The van der Waals surface area contributed by atoms with Gasteiger partial charge in [-0.05, 0) is 24.3 Å². The molecule has 2 aliphatic heterocycles. The summed E-state index contributed by atoms with van der Waals surface area (Å²) in [6, 6.07) is 10.4. The number of amides is 1. The molecule has 2 heterocycles. The van der Waals surface area contributed by atoms with Gasteiger partial charge in [0.25, 0.3) is 11.7 Å². The Bertz CT molecular complexity index is 868. The summed E-state index contributed by atoms with van der Waals surface area (Å²) in [7, 11) is 0. The number of benzene rings is 2. The van der Waals surface area contributed by atoms with E-state index < -0.39 is 5.79 Å². The van der Waals surface area contributed by atoms with Crippen LogP contribution in [0.5, 0.6) is 5.75 Å². The number of anilines is 1. The predicted octanol–water partition coefficient (Wildman–Crippen LogP) is 4.27. The minimum absolute atomic E-state index is 0.216. The van der Waals surface area contributed by atoms with E-state index in [0.29, 0.717) is 45.3 Å². The van der Waals surface area contributed by atoms with Crippen molar-refractivity contribution >= 4 is 46.4 Å². The van der Waals surface area contributed by atoms with E-state index in [1.165, 1.54) is 4.90 Å². The minimum Gasteiger partial charge on any atom is -0.490 e. The highest BCUT2D eigenvalue weighted by atomic mass is 35.5. The molecule has 1 spiro atoms. The van der Waals surface area contributed by atoms with Crippen molar-refractivity contribution in [1.29, 1.82) is 0 Å². The molecular weight excluding hydrogens is 401 g/mol. The first-order valence-corrected chi connectivity index (χ1v) is 9.13. The van der Waals surface area contributed by atoms with Crippen molar-refractivity contribution in [1.82, 2.24) is 0 Å². The molecule has 2 aromatic carbocycles. The molecule has 8 heteroatoms. The zero-order chi connectivity index (χ0) is 18.3. The Morgan fingerprint density at radius 3 is 2.42 bits per heavy atom. The summed E-state index contributed by atoms with van der Waals surface area (Å²) in [5.74, 6) is -1.34. The molecule has 2 aromatic rings. The molecule has 0 N–H and O–H groups in total. The zero-order valence-electron chi connectivity index (χ0n) is 13.5. The van der Waals surface area contributed by atoms with Gasteiger partial charge in [-0.25, -0.2) is 0 Å². The van der Waals surface area contributed by atoms with Crippen LogP contribution in [-0.2, 0) is 20.1 Å². The van der Waals surface area contributed by atoms with Crippen molar-refractivity contribution in [2.24, 2.45) is 0 Å². The lowest BCUT2D eigenvalue weighted by atomic mass is 10.1. The van der Waals surface area contributed by atoms with Crippen molar-refractivity contribution in [3.8, 4) is 5.75 Å². The van der Waals surface area contributed by atoms with Gasteiger partial charge in [-0.1, -0.05) is 46.9 Å². The summed E-state index contributed by atoms with van der Waals surface area (Å²) in [4.78, 5) is 14.6. The van der Waals surface area contributed by atoms with Crippen molar-refractivity contribution in [2.75, 3.05) is 31.3 Å². The molecular formula is C18H14Cl3NO4. The first kappa shape index (κ1) is 17.9. The van der Waals surface area contributed by atoms with Crippen LogP contribution in [0.4, 0.5) is 5.69 Å². The molecule has 1 fully saturated rings. The predicted molar refractivity (Wildman–Crippen MR) is 99.3 cm³/mol. The van der Waals surface area contributed by atoms with E-state index in [4.69, 9.17) is 49.0 Å². The molecule has 136 valence electrons. The SMILES string of the molecule is O=C1N(CCOc2ccccc2Cl)c2c(Cl)ccc(Cl)c2C12OCCO2. The van der Waals surface area contributed by atoms with E-state index in [2.05, 4.69) is 0 Å². The van der Waals surface area contributed by atoms with Gasteiger partial charge in [0.2, 0.25) is 0 Å². The lowest BCUT2D eigenvalue weighted by Crippen LogP contribution is -2.42. The Labute approximate surface area is 165 Å². The maximum Gasteiger partial charge on any atom is 0.292 e. The average Bonchev–Trinajstić information content (AvgIpc) is 3.20. The summed E-state index contributed by atoms with van der Waals surface area (Å²) < 4.78 is 17.0. The number of carbonyl (C=O) groups is 1. The van der Waals surface area contributed by atoms with E-state index in [1.54, 1.807) is 24.3 Å². The quantitative estimate of drug-likeness (QED) is 0.749. The molecule has 1 amide bonds. The second-order valence-electron chi connectivity index (χ2n) is 5.80. The van der Waals surface area contributed by atoms with E-state index in [1.807, 2.05) is 12.1 Å². The normalized spacial score (nSPS) is 17.8. The third-order valence-electron chi connectivity index (χ3n) is 4.31. The third-order valence-corrected chi connectivity index (χ3v) is 5.24. The van der Waals surface area contributed by atoms with Gasteiger partial charge in [0.15, 0.2) is 0 Å². The number of hydrogen-bond acceptors (Lipinski definition) is 4. The Balaban J connectivity index is 1.62. The number of para-hydroxylation sites is 1. The highest BCUT2D eigenvalue weighted by Gasteiger charge is 2.57. The summed E-state index contributed by atoms with van der Waals surface area (Å²) >= 11 is 18.8. The fourth-order valence-corrected chi connectivity index (χ4v) is 3.93. The number of carbonyl (C=O) groups excluding carboxylic acids is 1. The van der Waals surface area contributed by atoms with Crippen LogP contribution in [0.25, 0.3) is 0 Å². The van der Waals surface area contributed by atoms with Crippen molar-refractivity contribution in [2.45, 2.75) is 5.79 Å². The Kier molecular flexibility index (Phi) is 4.75. The summed E-state index contributed by atoms with van der Waals surface area (Å²) in [6.07, 6.45) is 0. The van der Waals surface area contributed by atoms with Gasteiger partial charge in [-0.2, -0.15) is 0 Å². The summed E-state index contributed by atoms with van der Waals surface area (Å²) in [5, 5.41) is 1.27. The molecule has 1 saturated heterocycles. The molecule has 0 aliphatic carbocycles. The lowest BCUT2D eigenvalue weighted by Gasteiger charge is -2.22. The highest BCUT2D eigenvalue weighted by Crippen LogP contribution is 2.51. The molecule has 0 atom stereocenters. The lowest BCUT2D eigenvalue weighted by molar-refractivity contribution is -0.180. The molecule has 0 bridgehead atoms. The number of hydrogen-bond donors (Lipinski definition) is 0. The van der Waals surface area contributed by atoms with Gasteiger partial charge < -0.3 is 19.1 Å². The van der Waals surface area contributed by atoms with Gasteiger partial charge in [-0.3, -0.25) is 4.79 Å². The van der Waals surface area contributed by atoms with Gasteiger partial charge in [0.05, 0.1) is 46.1 Å². The Morgan fingerprint density at radius 1 is 1.00 bits per heavy atom. The van der Waals surface area contributed by atoms with Crippen LogP contribution in [-0.4, -0.2) is 32.3 Å². The Morgan fingerprint density at radius 2 is 1.69 bits per heavy atom. The van der Waals surface area contributed by atoms with E-state index >= 15 is 0 Å². The standard InChI is InChI=1S/C18H14Cl3NO4/c19-11-3-1-2-4-14(11)24-8-7-22-16-13(21)6-5-12(20)15(16)18(17(22)23)25-9-10-26-18/h1-6H,7-10H2. The average molecular weight is 415 g/mol. The van der Waals surface area contributed by atoms with Crippen molar-refractivity contribution in [3.63, 3.8) is 0 Å². The molecule has 0 saturated carbocycles. The molecule has 2 aliphatic rings. The van der Waals surface area contributed by atoms with Crippen molar-refractivity contribution in [3.05, 3.63) is 57.0 Å². The third kappa shape index (κ3) is 2.75. The fraction of sp³-hybridized carbons (Fsp3) is 0.278. The van der Waals surface area contributed by atoms with E-state index in [9.17, 15) is 4.79 Å². The largest absolute Gasteiger partial charge is 0.490 e. The number of rotatable bonds is 4. The van der Waals surface area contributed by atoms with Crippen molar-refractivity contribution < 1.29 is 19.0 Å². The van der Waals surface area contributed by atoms with E-state index in [0.717, 1.165) is 0 Å². The van der Waals surface area contributed by atoms with Crippen LogP contribution in [0.15, 0.2) is 36.4 Å². The number of nitrogens with zero attached hydrogens (tertiary/aromatic N) is 1. The minimum atomic E-state index is -1.53. The van der Waals surface area contributed by atoms with Gasteiger partial charge in [0, 0.05) is 0 Å². The Hall–Kier alpha value is -1.50. The van der Waals surface area contributed by atoms with Crippen LogP contribution in [0, 0.1) is 0 Å². The first-order chi connectivity index (χ1) is 12.5. The zero-order valence-corrected chi connectivity index (χ0v) is 15.8. The second kappa shape index (κ2) is 6.91. The van der Waals surface area contributed by atoms with Gasteiger partial charge in [-0.15, -0.1) is 0 Å². The molecule has 0 radical (unpaired) electrons. The molecule has 0 aromatic heterocycles. The number of ether oxygens (including phenoxy) is 3. The monoisotopic (exact) mass is 413 g/mol. The first-order valence-electron chi connectivity index (χ1n) is 8.00. The van der Waals surface area contributed by atoms with Crippen LogP contribution in [0.1, 0.15) is 5.56 Å². The molecule has 26 heavy (non-hydrogen) atoms. The van der Waals surface area contributed by atoms with Crippen LogP contribution in [0.2, 0.25) is 15.1 Å². The van der Waals surface area contributed by atoms with Gasteiger partial charge in [0.1, 0.15) is 12.4 Å². The fourth-order valence-electron chi connectivity index (χ4n) is 3.21.